The van der Waals surface area contributed by atoms with Crippen LogP contribution in [0.2, 0.25) is 0 Å². The van der Waals surface area contributed by atoms with Crippen molar-refractivity contribution in [3.8, 4) is 17.2 Å². The van der Waals surface area contributed by atoms with E-state index in [-0.39, 0.29) is 11.9 Å². The number of amides is 1. The minimum Gasteiger partial charge on any atom is -0.493 e. The van der Waals surface area contributed by atoms with Crippen molar-refractivity contribution < 1.29 is 19.0 Å². The number of ether oxygens (including phenoxy) is 3. The normalized spacial score (nSPS) is 10.3. The Morgan fingerprint density at radius 3 is 2.12 bits per heavy atom. The number of benzene rings is 1. The van der Waals surface area contributed by atoms with Crippen molar-refractivity contribution in [1.82, 2.24) is 10.3 Å². The number of rotatable bonds is 7. The summed E-state index contributed by atoms with van der Waals surface area (Å²) in [4.78, 5) is 16.2. The summed E-state index contributed by atoms with van der Waals surface area (Å²) in [6.45, 7) is 3.82. The molecule has 0 aliphatic heterocycles. The van der Waals surface area contributed by atoms with Gasteiger partial charge >= 0.3 is 0 Å². The van der Waals surface area contributed by atoms with Crippen LogP contribution in [0.15, 0.2) is 30.5 Å². The fraction of sp³-hybridized carbons (Fsp3) is 0.333. The Balaban J connectivity index is 2.21. The molecule has 134 valence electrons. The van der Waals surface area contributed by atoms with Crippen molar-refractivity contribution in [3.05, 3.63) is 36.0 Å². The van der Waals surface area contributed by atoms with Crippen molar-refractivity contribution in [2.45, 2.75) is 19.9 Å². The third-order valence-electron chi connectivity index (χ3n) is 3.38. The summed E-state index contributed by atoms with van der Waals surface area (Å²) >= 11 is 0. The van der Waals surface area contributed by atoms with Gasteiger partial charge in [-0.25, -0.2) is 4.98 Å². The average Bonchev–Trinajstić information content (AvgIpc) is 2.60. The monoisotopic (exact) mass is 345 g/mol. The molecule has 0 unspecified atom stereocenters. The molecule has 0 fully saturated rings. The van der Waals surface area contributed by atoms with E-state index in [9.17, 15) is 4.79 Å². The molecule has 0 spiro atoms. The van der Waals surface area contributed by atoms with Crippen LogP contribution in [-0.2, 0) is 0 Å². The number of pyridine rings is 1. The fourth-order valence-electron chi connectivity index (χ4n) is 2.25. The Hall–Kier alpha value is -2.96. The molecule has 2 rings (SSSR count). The number of nitrogens with one attached hydrogen (secondary N) is 2. The first-order valence-corrected chi connectivity index (χ1v) is 7.82. The van der Waals surface area contributed by atoms with Crippen molar-refractivity contribution in [2.24, 2.45) is 0 Å². The highest BCUT2D eigenvalue weighted by molar-refractivity contribution is 5.94. The van der Waals surface area contributed by atoms with Gasteiger partial charge in [0.2, 0.25) is 5.75 Å². The van der Waals surface area contributed by atoms with Gasteiger partial charge in [0.25, 0.3) is 5.91 Å². The van der Waals surface area contributed by atoms with Gasteiger partial charge in [0.05, 0.1) is 26.9 Å². The first kappa shape index (κ1) is 18.4. The SMILES string of the molecule is COc1cc(Nc2ccc(C(=O)NC(C)C)cn2)cc(OC)c1OC. The van der Waals surface area contributed by atoms with Crippen LogP contribution >= 0.6 is 0 Å². The molecule has 25 heavy (non-hydrogen) atoms. The number of aromatic nitrogens is 1. The first-order valence-electron chi connectivity index (χ1n) is 7.82. The van der Waals surface area contributed by atoms with E-state index in [1.807, 2.05) is 13.8 Å². The van der Waals surface area contributed by atoms with Gasteiger partial charge in [0.15, 0.2) is 11.5 Å². The molecule has 1 amide bonds. The number of carbonyl (C=O) groups is 1. The van der Waals surface area contributed by atoms with Crippen molar-refractivity contribution in [1.29, 1.82) is 0 Å². The van der Waals surface area contributed by atoms with Crippen molar-refractivity contribution in [3.63, 3.8) is 0 Å². The topological polar surface area (TPSA) is 81.7 Å². The van der Waals surface area contributed by atoms with Crippen LogP contribution in [0.1, 0.15) is 24.2 Å². The molecule has 0 atom stereocenters. The molecule has 1 heterocycles. The zero-order valence-corrected chi connectivity index (χ0v) is 15.0. The number of nitrogens with zero attached hydrogens (tertiary/aromatic N) is 1. The predicted octanol–water partition coefficient (Wildman–Crippen LogP) is 2.99. The molecule has 0 bridgehead atoms. The minimum absolute atomic E-state index is 0.0736. The molecule has 1 aromatic heterocycles. The molecule has 0 radical (unpaired) electrons. The van der Waals surface area contributed by atoms with E-state index in [0.717, 1.165) is 5.69 Å². The van der Waals surface area contributed by atoms with E-state index in [1.54, 1.807) is 45.6 Å². The average molecular weight is 345 g/mol. The number of anilines is 2. The number of hydrogen-bond donors (Lipinski definition) is 2. The van der Waals surface area contributed by atoms with E-state index in [1.165, 1.54) is 6.20 Å². The summed E-state index contributed by atoms with van der Waals surface area (Å²) in [6, 6.07) is 7.08. The lowest BCUT2D eigenvalue weighted by Gasteiger charge is -2.15. The molecule has 7 nitrogen and oxygen atoms in total. The molecular formula is C18H23N3O4. The van der Waals surface area contributed by atoms with Gasteiger partial charge in [0.1, 0.15) is 5.82 Å². The Bertz CT molecular complexity index is 705. The fourth-order valence-corrected chi connectivity index (χ4v) is 2.25. The maximum absolute atomic E-state index is 11.9. The first-order chi connectivity index (χ1) is 12.0. The van der Waals surface area contributed by atoms with Gasteiger partial charge < -0.3 is 24.8 Å². The van der Waals surface area contributed by atoms with E-state index in [2.05, 4.69) is 15.6 Å². The molecule has 0 aliphatic carbocycles. The van der Waals surface area contributed by atoms with E-state index < -0.39 is 0 Å². The quantitative estimate of drug-likeness (QED) is 0.803. The van der Waals surface area contributed by atoms with Crippen LogP contribution in [0.25, 0.3) is 0 Å². The lowest BCUT2D eigenvalue weighted by atomic mass is 10.2. The maximum Gasteiger partial charge on any atom is 0.253 e. The highest BCUT2D eigenvalue weighted by Gasteiger charge is 2.14. The lowest BCUT2D eigenvalue weighted by Crippen LogP contribution is -2.30. The van der Waals surface area contributed by atoms with Gasteiger partial charge in [-0.1, -0.05) is 0 Å². The van der Waals surface area contributed by atoms with Crippen molar-refractivity contribution >= 4 is 17.4 Å². The van der Waals surface area contributed by atoms with Crippen molar-refractivity contribution in [2.75, 3.05) is 26.6 Å². The highest BCUT2D eigenvalue weighted by atomic mass is 16.5. The summed E-state index contributed by atoms with van der Waals surface area (Å²) in [7, 11) is 4.67. The van der Waals surface area contributed by atoms with E-state index in [4.69, 9.17) is 14.2 Å². The van der Waals surface area contributed by atoms with Crippen LogP contribution in [0.5, 0.6) is 17.2 Å². The molecule has 1 aromatic carbocycles. The second-order valence-electron chi connectivity index (χ2n) is 5.60. The standard InChI is InChI=1S/C18H23N3O4/c1-11(2)20-18(22)12-6-7-16(19-10-12)21-13-8-14(23-3)17(25-5)15(9-13)24-4/h6-11H,1-5H3,(H,19,21)(H,20,22). The molecule has 2 aromatic rings. The molecule has 0 saturated carbocycles. The smallest absolute Gasteiger partial charge is 0.253 e. The van der Waals surface area contributed by atoms with Crippen LogP contribution in [0.3, 0.4) is 0 Å². The second kappa shape index (κ2) is 8.23. The molecular weight excluding hydrogens is 322 g/mol. The Labute approximate surface area is 147 Å². The molecule has 2 N–H and O–H groups in total. The van der Waals surface area contributed by atoms with Crippen LogP contribution < -0.4 is 24.8 Å². The zero-order chi connectivity index (χ0) is 18.4. The Morgan fingerprint density at radius 2 is 1.68 bits per heavy atom. The summed E-state index contributed by atoms with van der Waals surface area (Å²) in [5.41, 5.74) is 1.23. The van der Waals surface area contributed by atoms with Crippen LogP contribution in [-0.4, -0.2) is 38.3 Å². The third kappa shape index (κ3) is 4.53. The summed E-state index contributed by atoms with van der Waals surface area (Å²) in [5, 5.41) is 5.98. The third-order valence-corrected chi connectivity index (χ3v) is 3.38. The van der Waals surface area contributed by atoms with E-state index in [0.29, 0.717) is 28.6 Å². The zero-order valence-electron chi connectivity index (χ0n) is 15.0. The molecule has 7 heteroatoms. The summed E-state index contributed by atoms with van der Waals surface area (Å²) < 4.78 is 16.0. The van der Waals surface area contributed by atoms with Gasteiger partial charge in [-0.2, -0.15) is 0 Å². The number of carbonyl (C=O) groups excluding carboxylic acids is 1. The van der Waals surface area contributed by atoms with Gasteiger partial charge in [0, 0.05) is 30.1 Å². The van der Waals surface area contributed by atoms with E-state index >= 15 is 0 Å². The number of hydrogen-bond acceptors (Lipinski definition) is 6. The Kier molecular flexibility index (Phi) is 6.05. The predicted molar refractivity (Wildman–Crippen MR) is 96.2 cm³/mol. The molecule has 0 saturated heterocycles. The lowest BCUT2D eigenvalue weighted by molar-refractivity contribution is 0.0943. The highest BCUT2D eigenvalue weighted by Crippen LogP contribution is 2.40. The molecule has 0 aliphatic rings. The van der Waals surface area contributed by atoms with Gasteiger partial charge in [-0.3, -0.25) is 4.79 Å². The minimum atomic E-state index is -0.151. The largest absolute Gasteiger partial charge is 0.493 e. The van der Waals surface area contributed by atoms with Gasteiger partial charge in [-0.05, 0) is 26.0 Å². The van der Waals surface area contributed by atoms with Crippen LogP contribution in [0.4, 0.5) is 11.5 Å². The summed E-state index contributed by atoms with van der Waals surface area (Å²) in [5.74, 6) is 2.04. The van der Waals surface area contributed by atoms with Crippen LogP contribution in [0, 0.1) is 0 Å². The Morgan fingerprint density at radius 1 is 1.04 bits per heavy atom. The maximum atomic E-state index is 11.9. The second-order valence-corrected chi connectivity index (χ2v) is 5.60. The number of methoxy groups -OCH3 is 3. The van der Waals surface area contributed by atoms with Gasteiger partial charge in [-0.15, -0.1) is 0 Å². The summed E-state index contributed by atoms with van der Waals surface area (Å²) in [6.07, 6.45) is 1.53.